The zero-order chi connectivity index (χ0) is 15.4. The lowest BCUT2D eigenvalue weighted by Crippen LogP contribution is -2.55. The fraction of sp³-hybridized carbons (Fsp3) is 1.00. The van der Waals surface area contributed by atoms with E-state index in [4.69, 9.17) is 15.5 Å². The van der Waals surface area contributed by atoms with Crippen LogP contribution >= 0.6 is 15.2 Å². The van der Waals surface area contributed by atoms with E-state index in [0.29, 0.717) is 32.6 Å². The normalized spacial score (nSPS) is 23.8. The Kier molecular flexibility index (Phi) is 6.79. The molecular formula is C9H23N3O6P2. The number of hydrogen-bond acceptors (Lipinski definition) is 5. The van der Waals surface area contributed by atoms with Gasteiger partial charge in [0.1, 0.15) is 5.78 Å². The smallest absolute Gasteiger partial charge is 0.330 e. The summed E-state index contributed by atoms with van der Waals surface area (Å²) in [6.07, 6.45) is -0.211. The molecule has 0 aliphatic carbocycles. The molecule has 1 aliphatic rings. The minimum absolute atomic E-state index is 0.136. The van der Waals surface area contributed by atoms with Crippen LogP contribution in [0.5, 0.6) is 0 Å². The van der Waals surface area contributed by atoms with Gasteiger partial charge in [-0.2, -0.15) is 0 Å². The van der Waals surface area contributed by atoms with Crippen LogP contribution in [-0.4, -0.2) is 68.6 Å². The van der Waals surface area contributed by atoms with Crippen molar-refractivity contribution in [2.24, 2.45) is 5.73 Å². The summed E-state index contributed by atoms with van der Waals surface area (Å²) < 4.78 is 22.6. The van der Waals surface area contributed by atoms with Crippen LogP contribution in [0.15, 0.2) is 0 Å². The van der Waals surface area contributed by atoms with Gasteiger partial charge in [-0.25, -0.2) is 0 Å². The standard InChI is InChI=1S/C9H23N3O6P2/c10-3-1-8-7-11-4-5-12(8)9(20(16,17)18)2-6-19(13,14)15/h8-9,11H,1-7,10H2,(H2,13,14,15)(H2,16,17,18). The van der Waals surface area contributed by atoms with Crippen LogP contribution < -0.4 is 11.1 Å². The van der Waals surface area contributed by atoms with Crippen LogP contribution in [0.3, 0.4) is 0 Å². The maximum Gasteiger partial charge on any atom is 0.342 e. The van der Waals surface area contributed by atoms with E-state index in [-0.39, 0.29) is 12.5 Å². The molecule has 0 amide bonds. The quantitative estimate of drug-likeness (QED) is 0.311. The third-order valence-corrected chi connectivity index (χ3v) is 5.52. The van der Waals surface area contributed by atoms with Crippen molar-refractivity contribution in [2.75, 3.05) is 32.3 Å². The lowest BCUT2D eigenvalue weighted by atomic mass is 10.1. The third-order valence-electron chi connectivity index (χ3n) is 3.35. The molecule has 120 valence electrons. The minimum Gasteiger partial charge on any atom is -0.330 e. The summed E-state index contributed by atoms with van der Waals surface area (Å²) >= 11 is 0. The Balaban J connectivity index is 2.85. The van der Waals surface area contributed by atoms with Crippen molar-refractivity contribution in [3.05, 3.63) is 0 Å². The second kappa shape index (κ2) is 7.45. The molecular weight excluding hydrogens is 308 g/mol. The maximum absolute atomic E-state index is 11.6. The molecule has 9 nitrogen and oxygen atoms in total. The van der Waals surface area contributed by atoms with Gasteiger partial charge in [0.2, 0.25) is 0 Å². The zero-order valence-electron chi connectivity index (χ0n) is 11.1. The number of hydrogen-bond donors (Lipinski definition) is 6. The molecule has 0 spiro atoms. The third kappa shape index (κ3) is 5.89. The van der Waals surface area contributed by atoms with Crippen LogP contribution in [0.1, 0.15) is 12.8 Å². The van der Waals surface area contributed by atoms with Crippen molar-refractivity contribution in [1.29, 1.82) is 0 Å². The van der Waals surface area contributed by atoms with E-state index in [0.717, 1.165) is 0 Å². The summed E-state index contributed by atoms with van der Waals surface area (Å²) in [5, 5.41) is 3.12. The molecule has 1 rings (SSSR count). The average Bonchev–Trinajstić information content (AvgIpc) is 2.28. The molecule has 2 unspecified atom stereocenters. The van der Waals surface area contributed by atoms with Gasteiger partial charge in [0.15, 0.2) is 0 Å². The summed E-state index contributed by atoms with van der Waals surface area (Å²) in [4.78, 5) is 38.4. The van der Waals surface area contributed by atoms with Gasteiger partial charge in [-0.1, -0.05) is 0 Å². The average molecular weight is 331 g/mol. The summed E-state index contributed by atoms with van der Waals surface area (Å²) in [6, 6.07) is -0.136. The first kappa shape index (κ1) is 18.2. The van der Waals surface area contributed by atoms with Gasteiger partial charge in [-0.15, -0.1) is 0 Å². The van der Waals surface area contributed by atoms with Crippen molar-refractivity contribution in [1.82, 2.24) is 10.2 Å². The highest BCUT2D eigenvalue weighted by Gasteiger charge is 2.39. The molecule has 7 N–H and O–H groups in total. The molecule has 0 saturated carbocycles. The second-order valence-electron chi connectivity index (χ2n) is 4.92. The Morgan fingerprint density at radius 3 is 2.45 bits per heavy atom. The first-order valence-electron chi connectivity index (χ1n) is 6.41. The van der Waals surface area contributed by atoms with E-state index in [9.17, 15) is 18.9 Å². The van der Waals surface area contributed by atoms with E-state index in [1.54, 1.807) is 4.90 Å². The van der Waals surface area contributed by atoms with Crippen molar-refractivity contribution < 1.29 is 28.7 Å². The Morgan fingerprint density at radius 2 is 1.95 bits per heavy atom. The summed E-state index contributed by atoms with van der Waals surface area (Å²) in [5.41, 5.74) is 5.50. The zero-order valence-corrected chi connectivity index (χ0v) is 12.9. The van der Waals surface area contributed by atoms with Gasteiger partial charge >= 0.3 is 15.2 Å². The molecule has 1 saturated heterocycles. The van der Waals surface area contributed by atoms with Crippen molar-refractivity contribution >= 4 is 15.2 Å². The minimum atomic E-state index is -4.48. The molecule has 1 heterocycles. The van der Waals surface area contributed by atoms with Gasteiger partial charge in [0.25, 0.3) is 0 Å². The Labute approximate surface area is 117 Å². The van der Waals surface area contributed by atoms with Crippen molar-refractivity contribution in [3.63, 3.8) is 0 Å². The fourth-order valence-electron chi connectivity index (χ4n) is 2.44. The molecule has 2 atom stereocenters. The molecule has 0 bridgehead atoms. The van der Waals surface area contributed by atoms with Crippen LogP contribution in [0.4, 0.5) is 0 Å². The van der Waals surface area contributed by atoms with E-state index >= 15 is 0 Å². The molecule has 1 aliphatic heterocycles. The number of nitrogens with zero attached hydrogens (tertiary/aromatic N) is 1. The largest absolute Gasteiger partial charge is 0.342 e. The Bertz CT molecular complexity index is 395. The van der Waals surface area contributed by atoms with Crippen LogP contribution in [0, 0.1) is 0 Å². The van der Waals surface area contributed by atoms with Gasteiger partial charge in [-0.3, -0.25) is 14.0 Å². The van der Waals surface area contributed by atoms with Gasteiger partial charge in [-0.05, 0) is 19.4 Å². The van der Waals surface area contributed by atoms with E-state index in [1.165, 1.54) is 0 Å². The SMILES string of the molecule is NCCC1CNCCN1C(CCP(=O)(O)O)P(=O)(O)O. The molecule has 0 aromatic carbocycles. The molecule has 1 fully saturated rings. The highest BCUT2D eigenvalue weighted by Crippen LogP contribution is 2.48. The summed E-state index contributed by atoms with van der Waals surface area (Å²) in [5.74, 6) is -1.17. The highest BCUT2D eigenvalue weighted by atomic mass is 31.2. The van der Waals surface area contributed by atoms with Gasteiger partial charge < -0.3 is 30.6 Å². The fourth-order valence-corrected chi connectivity index (χ4v) is 4.38. The van der Waals surface area contributed by atoms with Gasteiger partial charge in [0, 0.05) is 25.7 Å². The van der Waals surface area contributed by atoms with Crippen molar-refractivity contribution in [3.8, 4) is 0 Å². The lowest BCUT2D eigenvalue weighted by molar-refractivity contribution is 0.119. The van der Waals surface area contributed by atoms with E-state index < -0.39 is 27.1 Å². The van der Waals surface area contributed by atoms with Gasteiger partial charge in [0.05, 0.1) is 6.16 Å². The van der Waals surface area contributed by atoms with Crippen LogP contribution in [0.25, 0.3) is 0 Å². The highest BCUT2D eigenvalue weighted by molar-refractivity contribution is 7.53. The van der Waals surface area contributed by atoms with Crippen molar-refractivity contribution in [2.45, 2.75) is 24.7 Å². The topological polar surface area (TPSA) is 156 Å². The predicted octanol–water partition coefficient (Wildman–Crippen LogP) is -1.32. The molecule has 11 heteroatoms. The van der Waals surface area contributed by atoms with Crippen LogP contribution in [-0.2, 0) is 9.13 Å². The van der Waals surface area contributed by atoms with Crippen LogP contribution in [0.2, 0.25) is 0 Å². The number of piperazine rings is 1. The molecule has 0 aromatic heterocycles. The lowest BCUT2D eigenvalue weighted by Gasteiger charge is -2.41. The molecule has 0 aromatic rings. The monoisotopic (exact) mass is 331 g/mol. The number of nitrogens with two attached hydrogens (primary N) is 1. The Hall–Kier alpha value is 0.180. The number of nitrogens with one attached hydrogen (secondary N) is 1. The summed E-state index contributed by atoms with van der Waals surface area (Å²) in [7, 11) is -8.76. The number of rotatable bonds is 7. The van der Waals surface area contributed by atoms with E-state index in [2.05, 4.69) is 5.32 Å². The van der Waals surface area contributed by atoms with E-state index in [1.807, 2.05) is 0 Å². The Morgan fingerprint density at radius 1 is 1.30 bits per heavy atom. The predicted molar refractivity (Wildman–Crippen MR) is 74.4 cm³/mol. The summed E-state index contributed by atoms with van der Waals surface area (Å²) in [6.45, 7) is 1.94. The maximum atomic E-state index is 11.6. The molecule has 20 heavy (non-hydrogen) atoms. The second-order valence-corrected chi connectivity index (χ2v) is 8.47. The first-order valence-corrected chi connectivity index (χ1v) is 9.89. The first-order chi connectivity index (χ1) is 9.15. The molecule has 0 radical (unpaired) electrons.